The maximum atomic E-state index is 13.4. The minimum absolute atomic E-state index is 0.0595. The quantitative estimate of drug-likeness (QED) is 0.250. The summed E-state index contributed by atoms with van der Waals surface area (Å²) in [6, 6.07) is 10.9. The summed E-state index contributed by atoms with van der Waals surface area (Å²) in [5.41, 5.74) is 4.14. The van der Waals surface area contributed by atoms with Crippen LogP contribution < -0.4 is 14.6 Å². The minimum Gasteiger partial charge on any atom is -0.627 e. The van der Waals surface area contributed by atoms with E-state index in [1.165, 1.54) is 28.6 Å². The van der Waals surface area contributed by atoms with Crippen LogP contribution in [0.4, 0.5) is 5.69 Å². The van der Waals surface area contributed by atoms with Gasteiger partial charge in [0.2, 0.25) is 5.36 Å². The van der Waals surface area contributed by atoms with Crippen LogP contribution in [0.2, 0.25) is 0 Å². The molecular formula is C24H30N3OS+. The van der Waals surface area contributed by atoms with E-state index in [0.717, 1.165) is 47.5 Å². The van der Waals surface area contributed by atoms with Crippen molar-refractivity contribution in [2.45, 2.75) is 51.9 Å². The van der Waals surface area contributed by atoms with Crippen molar-refractivity contribution in [1.82, 2.24) is 14.2 Å². The lowest BCUT2D eigenvalue weighted by molar-refractivity contribution is 0.454. The zero-order valence-electron chi connectivity index (χ0n) is 17.7. The molecule has 1 aromatic carbocycles. The molecule has 0 radical (unpaired) electrons. The zero-order chi connectivity index (χ0) is 20.2. The number of quaternary nitrogens is 1. The third-order valence-electron chi connectivity index (χ3n) is 6.49. The Morgan fingerprint density at radius 1 is 1.00 bits per heavy atom. The number of aromatic nitrogens is 1. The summed E-state index contributed by atoms with van der Waals surface area (Å²) < 4.78 is 3.42. The predicted octanol–water partition coefficient (Wildman–Crippen LogP) is 4.86. The van der Waals surface area contributed by atoms with Gasteiger partial charge in [0, 0.05) is 49.9 Å². The van der Waals surface area contributed by atoms with E-state index in [1.54, 1.807) is 11.3 Å². The van der Waals surface area contributed by atoms with E-state index in [1.807, 2.05) is 0 Å². The summed E-state index contributed by atoms with van der Waals surface area (Å²) in [5, 5.41) is 14.7. The van der Waals surface area contributed by atoms with Crippen LogP contribution >= 0.6 is 11.3 Å². The number of benzene rings is 2. The highest BCUT2D eigenvalue weighted by atomic mass is 32.1. The highest BCUT2D eigenvalue weighted by Crippen LogP contribution is 2.40. The molecule has 152 valence electrons. The van der Waals surface area contributed by atoms with E-state index < -0.39 is 0 Å². The first-order chi connectivity index (χ1) is 13.8. The van der Waals surface area contributed by atoms with Gasteiger partial charge in [-0.1, -0.05) is 20.8 Å². The van der Waals surface area contributed by atoms with Crippen LogP contribution in [0.5, 0.6) is 0 Å². The van der Waals surface area contributed by atoms with E-state index in [0.29, 0.717) is 13.1 Å². The van der Waals surface area contributed by atoms with E-state index in [2.05, 4.69) is 55.7 Å². The molecule has 5 rings (SSSR count). The molecule has 0 N–H and O–H groups in total. The molecule has 1 aliphatic carbocycles. The molecule has 0 aromatic heterocycles. The Bertz CT molecular complexity index is 1110. The Kier molecular flexibility index (Phi) is 4.53. The lowest BCUT2D eigenvalue weighted by Gasteiger charge is -2.38. The van der Waals surface area contributed by atoms with E-state index >= 15 is 0 Å². The van der Waals surface area contributed by atoms with Gasteiger partial charge in [-0.15, -0.1) is 11.3 Å². The van der Waals surface area contributed by atoms with E-state index in [4.69, 9.17) is 4.98 Å². The third-order valence-corrected chi connectivity index (χ3v) is 7.57. The van der Waals surface area contributed by atoms with Gasteiger partial charge >= 0.3 is 0 Å². The van der Waals surface area contributed by atoms with Gasteiger partial charge < -0.3 is 9.85 Å². The first-order valence-electron chi connectivity index (χ1n) is 10.9. The molecule has 3 heterocycles. The molecule has 2 saturated heterocycles. The molecule has 3 aliphatic heterocycles. The fourth-order valence-electron chi connectivity index (χ4n) is 4.79. The monoisotopic (exact) mass is 408 g/mol. The Morgan fingerprint density at radius 2 is 1.72 bits per heavy atom. The third kappa shape index (κ3) is 3.39. The van der Waals surface area contributed by atoms with Gasteiger partial charge in [-0.3, -0.25) is 0 Å². The minimum atomic E-state index is -0.183. The Morgan fingerprint density at radius 3 is 2.41 bits per heavy atom. The molecule has 0 spiro atoms. The van der Waals surface area contributed by atoms with Crippen molar-refractivity contribution in [3.63, 3.8) is 0 Å². The van der Waals surface area contributed by atoms with Crippen molar-refractivity contribution in [3.8, 4) is 10.6 Å². The van der Waals surface area contributed by atoms with Crippen LogP contribution in [0.1, 0.15) is 52.0 Å². The van der Waals surface area contributed by atoms with Crippen LogP contribution in [-0.2, 0) is 5.41 Å². The van der Waals surface area contributed by atoms with Gasteiger partial charge in [0.1, 0.15) is 18.8 Å². The predicted molar refractivity (Wildman–Crippen MR) is 123 cm³/mol. The van der Waals surface area contributed by atoms with Crippen LogP contribution in [0.3, 0.4) is 0 Å². The molecule has 5 heteroatoms. The Hall–Kier alpha value is -1.82. The second-order valence-corrected chi connectivity index (χ2v) is 10.8. The molecule has 0 atom stereocenters. The fourth-order valence-corrected chi connectivity index (χ4v) is 5.85. The van der Waals surface area contributed by atoms with Crippen molar-refractivity contribution in [3.05, 3.63) is 46.5 Å². The lowest BCUT2D eigenvalue weighted by atomic mass is 9.86. The first-order valence-corrected chi connectivity index (χ1v) is 11.7. The van der Waals surface area contributed by atoms with Gasteiger partial charge in [0.15, 0.2) is 0 Å². The standard InChI is InChI=1S/C24H30N3OS/c1-24(2,3)19-15-18(27(28)12-6-7-13-27)16-22-23(19)25-20-9-8-17(14-21(20)29-22)26-10-4-5-11-26/h8-9,14-16H,4-7,10-13H2,1-3H3/q+1. The van der Waals surface area contributed by atoms with Gasteiger partial charge in [-0.05, 0) is 17.0 Å². The smallest absolute Gasteiger partial charge is 0.201 e. The first kappa shape index (κ1) is 19.2. The largest absolute Gasteiger partial charge is 0.627 e. The number of hydroxylamine groups is 2. The zero-order valence-corrected chi connectivity index (χ0v) is 18.5. The average Bonchev–Trinajstić information content (AvgIpc) is 3.37. The van der Waals surface area contributed by atoms with Gasteiger partial charge in [0.05, 0.1) is 33.9 Å². The fraction of sp³-hybridized carbons (Fsp3) is 0.500. The molecule has 0 saturated carbocycles. The topological polar surface area (TPSA) is 39.0 Å². The molecule has 29 heavy (non-hydrogen) atoms. The summed E-state index contributed by atoms with van der Waals surface area (Å²) in [5.74, 6) is 0. The summed E-state index contributed by atoms with van der Waals surface area (Å²) in [6.07, 6.45) is 4.59. The summed E-state index contributed by atoms with van der Waals surface area (Å²) in [7, 11) is 0. The maximum absolute atomic E-state index is 13.4. The van der Waals surface area contributed by atoms with Crippen LogP contribution in [0, 0.1) is 5.21 Å². The van der Waals surface area contributed by atoms with Crippen molar-refractivity contribution in [2.75, 3.05) is 26.2 Å². The van der Waals surface area contributed by atoms with Crippen LogP contribution in [0.25, 0.3) is 20.8 Å². The van der Waals surface area contributed by atoms with Gasteiger partial charge in [-0.2, -0.15) is 0 Å². The molecule has 0 amide bonds. The number of nitrogens with zero attached hydrogens (tertiary/aromatic N) is 3. The molecule has 4 nitrogen and oxygen atoms in total. The molecular weight excluding hydrogens is 378 g/mol. The normalized spacial score (nSPS) is 19.5. The van der Waals surface area contributed by atoms with Crippen molar-refractivity contribution in [2.24, 2.45) is 0 Å². The van der Waals surface area contributed by atoms with E-state index in [9.17, 15) is 5.21 Å². The van der Waals surface area contributed by atoms with Crippen molar-refractivity contribution in [1.29, 1.82) is 0 Å². The average molecular weight is 409 g/mol. The van der Waals surface area contributed by atoms with Gasteiger partial charge in [-0.25, -0.2) is 9.56 Å². The maximum Gasteiger partial charge on any atom is 0.201 e. The Labute approximate surface area is 176 Å². The number of hydrogen-bond donors (Lipinski definition) is 0. The second kappa shape index (κ2) is 6.86. The molecule has 4 aliphatic rings. The number of fused-ring (bicyclic) bond motifs is 2. The van der Waals surface area contributed by atoms with Crippen molar-refractivity contribution < 1.29 is 0 Å². The Balaban J connectivity index is 1.77. The second-order valence-electron chi connectivity index (χ2n) is 9.69. The summed E-state index contributed by atoms with van der Waals surface area (Å²) in [4.78, 5) is 6.29. The van der Waals surface area contributed by atoms with Crippen LogP contribution in [0.15, 0.2) is 30.3 Å². The number of rotatable bonds is 1. The SMILES string of the molecule is CC(C)(C)c1cc([N+]2([O-])CCCC2)cc2sc3cc(=[N+]4CCCC4)ccc-3nc12. The molecule has 0 bridgehead atoms. The summed E-state index contributed by atoms with van der Waals surface area (Å²) in [6.45, 7) is 10.3. The summed E-state index contributed by atoms with van der Waals surface area (Å²) >= 11 is 1.79. The van der Waals surface area contributed by atoms with E-state index in [-0.39, 0.29) is 10.1 Å². The molecule has 2 fully saturated rings. The highest BCUT2D eigenvalue weighted by Gasteiger charge is 2.30. The van der Waals surface area contributed by atoms with Gasteiger partial charge in [0.25, 0.3) is 0 Å². The molecule has 0 unspecified atom stereocenters. The highest BCUT2D eigenvalue weighted by molar-refractivity contribution is 7.21. The number of hydrogen-bond acceptors (Lipinski definition) is 3. The molecule has 1 aromatic rings. The van der Waals surface area contributed by atoms with Crippen molar-refractivity contribution >= 4 is 27.2 Å². The lowest BCUT2D eigenvalue weighted by Crippen LogP contribution is -2.39. The van der Waals surface area contributed by atoms with Crippen LogP contribution in [-0.4, -0.2) is 31.2 Å².